The highest BCUT2D eigenvalue weighted by Crippen LogP contribution is 2.35. The maximum Gasteiger partial charge on any atom is 0.210 e. The van der Waals surface area contributed by atoms with E-state index in [0.29, 0.717) is 27.1 Å². The Bertz CT molecular complexity index is 601. The van der Waals surface area contributed by atoms with E-state index >= 15 is 0 Å². The van der Waals surface area contributed by atoms with Gasteiger partial charge in [0.2, 0.25) is 5.82 Å². The van der Waals surface area contributed by atoms with E-state index in [1.165, 1.54) is 13.3 Å². The molecule has 0 radical (unpaired) electrons. The van der Waals surface area contributed by atoms with Crippen LogP contribution in [-0.2, 0) is 0 Å². The van der Waals surface area contributed by atoms with Crippen molar-refractivity contribution < 1.29 is 4.74 Å². The van der Waals surface area contributed by atoms with Crippen molar-refractivity contribution >= 4 is 23.2 Å². The molecular formula is C11H7Cl2N3O. The zero-order valence-corrected chi connectivity index (χ0v) is 10.3. The SMILES string of the molecule is COc1cc(Cl)c(-c2cnc(C#N)[nH]2)cc1Cl. The van der Waals surface area contributed by atoms with Crippen molar-refractivity contribution in [2.75, 3.05) is 7.11 Å². The topological polar surface area (TPSA) is 61.7 Å². The molecule has 0 fully saturated rings. The number of imidazole rings is 1. The summed E-state index contributed by atoms with van der Waals surface area (Å²) < 4.78 is 5.05. The molecule has 2 rings (SSSR count). The second-order valence-corrected chi connectivity index (χ2v) is 4.04. The lowest BCUT2D eigenvalue weighted by molar-refractivity contribution is 0.415. The minimum absolute atomic E-state index is 0.225. The Morgan fingerprint density at radius 3 is 2.71 bits per heavy atom. The lowest BCUT2D eigenvalue weighted by Crippen LogP contribution is -1.87. The number of ether oxygens (including phenoxy) is 1. The van der Waals surface area contributed by atoms with Crippen molar-refractivity contribution in [2.45, 2.75) is 0 Å². The second-order valence-electron chi connectivity index (χ2n) is 3.22. The average Bonchev–Trinajstić information content (AvgIpc) is 2.80. The number of benzene rings is 1. The van der Waals surface area contributed by atoms with Crippen molar-refractivity contribution in [3.8, 4) is 23.1 Å². The summed E-state index contributed by atoms with van der Waals surface area (Å²) >= 11 is 12.1. The molecule has 0 aliphatic rings. The third-order valence-corrected chi connectivity index (χ3v) is 2.82. The van der Waals surface area contributed by atoms with Gasteiger partial charge in [0.15, 0.2) is 0 Å². The van der Waals surface area contributed by atoms with Gasteiger partial charge in [-0.1, -0.05) is 23.2 Å². The molecule has 0 saturated heterocycles. The first-order valence-corrected chi connectivity index (χ1v) is 5.40. The molecule has 0 amide bonds. The standard InChI is InChI=1S/C11H7Cl2N3O/c1-17-10-3-7(12)6(2-8(10)13)9-5-15-11(4-14)16-9/h2-3,5H,1H3,(H,15,16). The predicted octanol–water partition coefficient (Wildman–Crippen LogP) is 3.26. The van der Waals surface area contributed by atoms with Crippen molar-refractivity contribution in [3.63, 3.8) is 0 Å². The quantitative estimate of drug-likeness (QED) is 0.909. The summed E-state index contributed by atoms with van der Waals surface area (Å²) in [6.45, 7) is 0. The third-order valence-electron chi connectivity index (χ3n) is 2.21. The van der Waals surface area contributed by atoms with E-state index < -0.39 is 0 Å². The van der Waals surface area contributed by atoms with Crippen LogP contribution in [0.3, 0.4) is 0 Å². The van der Waals surface area contributed by atoms with E-state index in [2.05, 4.69) is 9.97 Å². The number of hydrogen-bond acceptors (Lipinski definition) is 3. The Kier molecular flexibility index (Phi) is 3.23. The van der Waals surface area contributed by atoms with Crippen LogP contribution in [0.25, 0.3) is 11.3 Å². The van der Waals surface area contributed by atoms with E-state index in [4.69, 9.17) is 33.2 Å². The van der Waals surface area contributed by atoms with E-state index in [0.717, 1.165) is 0 Å². The molecule has 1 heterocycles. The fourth-order valence-electron chi connectivity index (χ4n) is 1.41. The number of rotatable bonds is 2. The number of hydrogen-bond donors (Lipinski definition) is 1. The third kappa shape index (κ3) is 2.21. The molecule has 0 spiro atoms. The zero-order valence-electron chi connectivity index (χ0n) is 8.79. The number of aromatic amines is 1. The second kappa shape index (κ2) is 4.66. The number of halogens is 2. The number of H-pyrrole nitrogens is 1. The highest BCUT2D eigenvalue weighted by Gasteiger charge is 2.11. The smallest absolute Gasteiger partial charge is 0.210 e. The van der Waals surface area contributed by atoms with Gasteiger partial charge in [-0.3, -0.25) is 0 Å². The molecule has 2 aromatic rings. The summed E-state index contributed by atoms with van der Waals surface area (Å²) in [5, 5.41) is 9.60. The Morgan fingerprint density at radius 1 is 1.35 bits per heavy atom. The van der Waals surface area contributed by atoms with Gasteiger partial charge in [-0.05, 0) is 6.07 Å². The van der Waals surface area contributed by atoms with Crippen molar-refractivity contribution in [2.24, 2.45) is 0 Å². The molecule has 1 aromatic carbocycles. The van der Waals surface area contributed by atoms with Crippen molar-refractivity contribution in [1.29, 1.82) is 5.26 Å². The van der Waals surface area contributed by atoms with Gasteiger partial charge >= 0.3 is 0 Å². The number of nitriles is 1. The van der Waals surface area contributed by atoms with Crippen LogP contribution in [0.15, 0.2) is 18.3 Å². The monoisotopic (exact) mass is 267 g/mol. The summed E-state index contributed by atoms with van der Waals surface area (Å²) in [7, 11) is 1.52. The van der Waals surface area contributed by atoms with Gasteiger partial charge in [0.1, 0.15) is 11.8 Å². The van der Waals surface area contributed by atoms with Crippen LogP contribution >= 0.6 is 23.2 Å². The first kappa shape index (κ1) is 11.8. The highest BCUT2D eigenvalue weighted by atomic mass is 35.5. The summed E-state index contributed by atoms with van der Waals surface area (Å²) in [5.41, 5.74) is 1.31. The summed E-state index contributed by atoms with van der Waals surface area (Å²) in [4.78, 5) is 6.70. The molecule has 0 unspecified atom stereocenters. The van der Waals surface area contributed by atoms with Gasteiger partial charge in [0, 0.05) is 11.6 Å². The fraction of sp³-hybridized carbons (Fsp3) is 0.0909. The van der Waals surface area contributed by atoms with E-state index in [1.54, 1.807) is 12.1 Å². The molecular weight excluding hydrogens is 261 g/mol. The summed E-state index contributed by atoms with van der Waals surface area (Å²) in [5.74, 6) is 0.725. The molecule has 1 aromatic heterocycles. The minimum Gasteiger partial charge on any atom is -0.495 e. The summed E-state index contributed by atoms with van der Waals surface area (Å²) in [6.07, 6.45) is 1.53. The Balaban J connectivity index is 2.53. The normalized spacial score (nSPS) is 10.0. The van der Waals surface area contributed by atoms with Crippen LogP contribution in [0, 0.1) is 11.3 Å². The summed E-state index contributed by atoms with van der Waals surface area (Å²) in [6, 6.07) is 5.19. The van der Waals surface area contributed by atoms with Gasteiger partial charge in [-0.25, -0.2) is 4.98 Å². The Hall–Kier alpha value is -1.70. The number of nitrogens with one attached hydrogen (secondary N) is 1. The lowest BCUT2D eigenvalue weighted by atomic mass is 10.1. The predicted molar refractivity (Wildman–Crippen MR) is 65.3 cm³/mol. The number of methoxy groups -OCH3 is 1. The fourth-order valence-corrected chi connectivity index (χ4v) is 1.90. The Labute approximate surface area is 108 Å². The molecule has 0 saturated carbocycles. The lowest BCUT2D eigenvalue weighted by Gasteiger charge is -2.07. The van der Waals surface area contributed by atoms with Crippen LogP contribution in [0.5, 0.6) is 5.75 Å². The number of aromatic nitrogens is 2. The maximum atomic E-state index is 8.68. The maximum absolute atomic E-state index is 8.68. The molecule has 1 N–H and O–H groups in total. The average molecular weight is 268 g/mol. The molecule has 0 atom stereocenters. The molecule has 0 aliphatic carbocycles. The van der Waals surface area contributed by atoms with Gasteiger partial charge in [-0.15, -0.1) is 0 Å². The van der Waals surface area contributed by atoms with Crippen molar-refractivity contribution in [1.82, 2.24) is 9.97 Å². The molecule has 0 bridgehead atoms. The van der Waals surface area contributed by atoms with Crippen LogP contribution in [0.2, 0.25) is 10.0 Å². The van der Waals surface area contributed by atoms with E-state index in [-0.39, 0.29) is 5.82 Å². The Morgan fingerprint density at radius 2 is 2.12 bits per heavy atom. The van der Waals surface area contributed by atoms with Gasteiger partial charge in [0.25, 0.3) is 0 Å². The van der Waals surface area contributed by atoms with Gasteiger partial charge in [0.05, 0.1) is 29.0 Å². The van der Waals surface area contributed by atoms with Crippen LogP contribution < -0.4 is 4.74 Å². The minimum atomic E-state index is 0.225. The van der Waals surface area contributed by atoms with E-state index in [1.807, 2.05) is 6.07 Å². The van der Waals surface area contributed by atoms with Gasteiger partial charge in [-0.2, -0.15) is 5.26 Å². The zero-order chi connectivity index (χ0) is 12.4. The van der Waals surface area contributed by atoms with Crippen LogP contribution in [0.1, 0.15) is 5.82 Å². The molecule has 0 aliphatic heterocycles. The first-order valence-electron chi connectivity index (χ1n) is 4.64. The largest absolute Gasteiger partial charge is 0.495 e. The molecule has 17 heavy (non-hydrogen) atoms. The van der Waals surface area contributed by atoms with Crippen molar-refractivity contribution in [3.05, 3.63) is 34.2 Å². The highest BCUT2D eigenvalue weighted by molar-refractivity contribution is 6.36. The molecule has 6 heteroatoms. The van der Waals surface area contributed by atoms with Crippen LogP contribution in [0.4, 0.5) is 0 Å². The molecule has 4 nitrogen and oxygen atoms in total. The van der Waals surface area contributed by atoms with Crippen LogP contribution in [-0.4, -0.2) is 17.1 Å². The molecule has 86 valence electrons. The van der Waals surface area contributed by atoms with Gasteiger partial charge < -0.3 is 9.72 Å². The van der Waals surface area contributed by atoms with E-state index in [9.17, 15) is 0 Å². The first-order chi connectivity index (χ1) is 8.15. The number of nitrogens with zero attached hydrogens (tertiary/aromatic N) is 2.